The van der Waals surface area contributed by atoms with Crippen molar-refractivity contribution in [3.8, 4) is 11.4 Å². The van der Waals surface area contributed by atoms with Crippen LogP contribution in [-0.2, 0) is 0 Å². The normalized spacial score (nSPS) is 16.3. The van der Waals surface area contributed by atoms with E-state index >= 15 is 0 Å². The molecular weight excluding hydrogens is 272 g/mol. The largest absolute Gasteiger partial charge is 0.255 e. The van der Waals surface area contributed by atoms with Gasteiger partial charge in [0.25, 0.3) is 0 Å². The summed E-state index contributed by atoms with van der Waals surface area (Å²) in [5.74, 6) is 0.726. The standard InChI is InChI=1S/C18H23N2Si/c1-21(2)17-12-15(14-8-4-3-5-9-14)13-20-18(17)16-10-6-7-11-19-16/h6-7,10-14H,3-5,8-9H2,1-2H3. The minimum atomic E-state index is -0.551. The molecule has 0 amide bonds. The first-order valence-electron chi connectivity index (χ1n) is 7.97. The van der Waals surface area contributed by atoms with Crippen molar-refractivity contribution in [1.82, 2.24) is 9.97 Å². The van der Waals surface area contributed by atoms with Crippen molar-refractivity contribution in [1.29, 1.82) is 0 Å². The maximum absolute atomic E-state index is 4.81. The first-order valence-corrected chi connectivity index (χ1v) is 10.5. The van der Waals surface area contributed by atoms with E-state index in [2.05, 4.69) is 36.4 Å². The van der Waals surface area contributed by atoms with E-state index in [4.69, 9.17) is 4.98 Å². The van der Waals surface area contributed by atoms with Crippen LogP contribution in [0.4, 0.5) is 0 Å². The molecule has 2 aromatic rings. The second-order valence-electron chi connectivity index (χ2n) is 6.21. The smallest absolute Gasteiger partial charge is 0.0884 e. The molecule has 2 aromatic heterocycles. The van der Waals surface area contributed by atoms with E-state index in [9.17, 15) is 0 Å². The molecule has 0 N–H and O–H groups in total. The zero-order valence-corrected chi connectivity index (χ0v) is 14.0. The van der Waals surface area contributed by atoms with Crippen LogP contribution in [0.1, 0.15) is 43.6 Å². The maximum atomic E-state index is 4.81. The molecule has 1 aliphatic carbocycles. The van der Waals surface area contributed by atoms with E-state index in [1.807, 2.05) is 18.3 Å². The van der Waals surface area contributed by atoms with Gasteiger partial charge in [0.05, 0.1) is 20.2 Å². The highest BCUT2D eigenvalue weighted by Gasteiger charge is 2.19. The van der Waals surface area contributed by atoms with Gasteiger partial charge in [0, 0.05) is 12.4 Å². The maximum Gasteiger partial charge on any atom is 0.0884 e. The highest BCUT2D eigenvalue weighted by Crippen LogP contribution is 2.32. The van der Waals surface area contributed by atoms with Gasteiger partial charge in [-0.25, -0.2) is 0 Å². The van der Waals surface area contributed by atoms with Gasteiger partial charge in [0.2, 0.25) is 0 Å². The molecule has 109 valence electrons. The third kappa shape index (κ3) is 3.23. The Morgan fingerprint density at radius 1 is 1.05 bits per heavy atom. The van der Waals surface area contributed by atoms with Crippen molar-refractivity contribution in [2.24, 2.45) is 0 Å². The number of rotatable bonds is 3. The van der Waals surface area contributed by atoms with Crippen molar-refractivity contribution in [3.63, 3.8) is 0 Å². The minimum absolute atomic E-state index is 0.551. The topological polar surface area (TPSA) is 25.8 Å². The summed E-state index contributed by atoms with van der Waals surface area (Å²) < 4.78 is 0. The average molecular weight is 295 g/mol. The predicted molar refractivity (Wildman–Crippen MR) is 90.4 cm³/mol. The lowest BCUT2D eigenvalue weighted by Crippen LogP contribution is -2.27. The van der Waals surface area contributed by atoms with Crippen LogP contribution < -0.4 is 5.19 Å². The van der Waals surface area contributed by atoms with Crippen LogP contribution in [0.15, 0.2) is 36.7 Å². The van der Waals surface area contributed by atoms with Crippen LogP contribution in [0.3, 0.4) is 0 Å². The van der Waals surface area contributed by atoms with E-state index in [0.717, 1.165) is 17.3 Å². The highest BCUT2D eigenvalue weighted by atomic mass is 28.3. The number of pyridine rings is 2. The molecule has 21 heavy (non-hydrogen) atoms. The first-order chi connectivity index (χ1) is 10.3. The lowest BCUT2D eigenvalue weighted by molar-refractivity contribution is 0.443. The molecule has 1 fully saturated rings. The summed E-state index contributed by atoms with van der Waals surface area (Å²) >= 11 is 0. The molecule has 0 unspecified atom stereocenters. The lowest BCUT2D eigenvalue weighted by atomic mass is 9.85. The monoisotopic (exact) mass is 295 g/mol. The molecule has 1 saturated carbocycles. The fourth-order valence-corrected chi connectivity index (χ4v) is 4.35. The Balaban J connectivity index is 1.98. The molecule has 1 aliphatic rings. The fourth-order valence-electron chi connectivity index (χ4n) is 3.23. The molecule has 0 spiro atoms. The molecule has 1 radical (unpaired) electrons. The third-order valence-corrected chi connectivity index (χ3v) is 5.89. The number of hydrogen-bond acceptors (Lipinski definition) is 2. The van der Waals surface area contributed by atoms with Crippen LogP contribution in [0, 0.1) is 0 Å². The van der Waals surface area contributed by atoms with Crippen LogP contribution in [0.25, 0.3) is 11.4 Å². The number of nitrogens with zero attached hydrogens (tertiary/aromatic N) is 2. The lowest BCUT2D eigenvalue weighted by Gasteiger charge is -2.23. The first kappa shape index (κ1) is 14.5. The summed E-state index contributed by atoms with van der Waals surface area (Å²) in [7, 11) is -0.551. The Hall–Kier alpha value is -1.48. The quantitative estimate of drug-likeness (QED) is 0.795. The van der Waals surface area contributed by atoms with Crippen LogP contribution in [0.5, 0.6) is 0 Å². The van der Waals surface area contributed by atoms with E-state index < -0.39 is 8.80 Å². The second-order valence-corrected chi connectivity index (χ2v) is 8.75. The summed E-state index contributed by atoms with van der Waals surface area (Å²) in [5.41, 5.74) is 3.55. The SMILES string of the molecule is C[Si](C)c1cc(C2CCCCC2)cnc1-c1ccccn1. The van der Waals surface area contributed by atoms with Crippen molar-refractivity contribution < 1.29 is 0 Å². The van der Waals surface area contributed by atoms with Crippen molar-refractivity contribution in [3.05, 3.63) is 42.2 Å². The van der Waals surface area contributed by atoms with Gasteiger partial charge < -0.3 is 0 Å². The van der Waals surface area contributed by atoms with E-state index in [0.29, 0.717) is 0 Å². The molecule has 0 aliphatic heterocycles. The molecule has 0 bridgehead atoms. The number of aromatic nitrogens is 2. The van der Waals surface area contributed by atoms with Gasteiger partial charge in [-0.05, 0) is 41.6 Å². The van der Waals surface area contributed by atoms with Crippen molar-refractivity contribution >= 4 is 14.0 Å². The van der Waals surface area contributed by atoms with Gasteiger partial charge in [-0.15, -0.1) is 0 Å². The number of hydrogen-bond donors (Lipinski definition) is 0. The minimum Gasteiger partial charge on any atom is -0.255 e. The van der Waals surface area contributed by atoms with E-state index in [-0.39, 0.29) is 0 Å². The van der Waals surface area contributed by atoms with Gasteiger partial charge in [0.15, 0.2) is 0 Å². The zero-order valence-electron chi connectivity index (χ0n) is 13.0. The molecule has 3 rings (SSSR count). The summed E-state index contributed by atoms with van der Waals surface area (Å²) in [6.45, 7) is 4.69. The third-order valence-electron chi connectivity index (χ3n) is 4.43. The summed E-state index contributed by atoms with van der Waals surface area (Å²) in [4.78, 5) is 9.30. The zero-order chi connectivity index (χ0) is 14.7. The Bertz CT molecular complexity index is 589. The van der Waals surface area contributed by atoms with Gasteiger partial charge in [-0.2, -0.15) is 0 Å². The van der Waals surface area contributed by atoms with Gasteiger partial charge in [0.1, 0.15) is 0 Å². The van der Waals surface area contributed by atoms with E-state index in [1.165, 1.54) is 42.9 Å². The molecule has 2 heterocycles. The molecule has 0 atom stereocenters. The van der Waals surface area contributed by atoms with Crippen molar-refractivity contribution in [2.75, 3.05) is 0 Å². The Morgan fingerprint density at radius 3 is 2.52 bits per heavy atom. The van der Waals surface area contributed by atoms with Crippen LogP contribution >= 0.6 is 0 Å². The van der Waals surface area contributed by atoms with Crippen LogP contribution in [0.2, 0.25) is 13.1 Å². The Kier molecular flexibility index (Phi) is 4.49. The predicted octanol–water partition coefficient (Wildman–Crippen LogP) is 4.15. The summed E-state index contributed by atoms with van der Waals surface area (Å²) in [6, 6.07) is 8.50. The second kappa shape index (κ2) is 6.52. The average Bonchev–Trinajstić information content (AvgIpc) is 2.56. The molecular formula is C18H23N2Si. The van der Waals surface area contributed by atoms with Gasteiger partial charge in [-0.1, -0.05) is 44.5 Å². The van der Waals surface area contributed by atoms with Crippen LogP contribution in [-0.4, -0.2) is 18.8 Å². The van der Waals surface area contributed by atoms with Gasteiger partial charge in [-0.3, -0.25) is 9.97 Å². The molecule has 2 nitrogen and oxygen atoms in total. The van der Waals surface area contributed by atoms with Crippen molar-refractivity contribution in [2.45, 2.75) is 51.1 Å². The van der Waals surface area contributed by atoms with E-state index in [1.54, 1.807) is 0 Å². The Labute approximate surface area is 129 Å². The molecule has 3 heteroatoms. The summed E-state index contributed by atoms with van der Waals surface area (Å²) in [6.07, 6.45) is 10.8. The Morgan fingerprint density at radius 2 is 1.86 bits per heavy atom. The van der Waals surface area contributed by atoms with Gasteiger partial charge >= 0.3 is 0 Å². The fraction of sp³-hybridized carbons (Fsp3) is 0.444. The molecule has 0 saturated heterocycles. The highest BCUT2D eigenvalue weighted by molar-refractivity contribution is 6.72. The molecule has 0 aromatic carbocycles. The summed E-state index contributed by atoms with van der Waals surface area (Å²) in [5, 5.41) is 1.43.